The molecule has 30 heavy (non-hydrogen) atoms. The molecule has 3 nitrogen and oxygen atoms in total. The van der Waals surface area contributed by atoms with Crippen LogP contribution in [0.15, 0.2) is 78.2 Å². The SMILES string of the molecule is O=C(NCC1CCN(CCC(c2ccccc2)c2ccccc2)CC1)c1cccs1. The van der Waals surface area contributed by atoms with Gasteiger partial charge in [0.2, 0.25) is 0 Å². The summed E-state index contributed by atoms with van der Waals surface area (Å²) in [6.07, 6.45) is 3.45. The zero-order valence-corrected chi connectivity index (χ0v) is 18.2. The van der Waals surface area contributed by atoms with Gasteiger partial charge < -0.3 is 10.2 Å². The van der Waals surface area contributed by atoms with E-state index in [0.29, 0.717) is 11.8 Å². The minimum absolute atomic E-state index is 0.0704. The lowest BCUT2D eigenvalue weighted by atomic mass is 9.88. The summed E-state index contributed by atoms with van der Waals surface area (Å²) < 4.78 is 0. The first-order chi connectivity index (χ1) is 14.8. The Hall–Kier alpha value is -2.43. The fraction of sp³-hybridized carbons (Fsp3) is 0.346. The number of amides is 1. The van der Waals surface area contributed by atoms with Crippen molar-refractivity contribution in [1.29, 1.82) is 0 Å². The van der Waals surface area contributed by atoms with Crippen molar-refractivity contribution in [3.63, 3.8) is 0 Å². The maximum absolute atomic E-state index is 12.1. The maximum Gasteiger partial charge on any atom is 0.261 e. The molecule has 2 aromatic carbocycles. The van der Waals surface area contributed by atoms with Crippen molar-refractivity contribution in [3.05, 3.63) is 94.2 Å². The number of benzene rings is 2. The minimum Gasteiger partial charge on any atom is -0.351 e. The van der Waals surface area contributed by atoms with Gasteiger partial charge >= 0.3 is 0 Å². The largest absolute Gasteiger partial charge is 0.351 e. The number of hydrogen-bond donors (Lipinski definition) is 1. The van der Waals surface area contributed by atoms with Crippen molar-refractivity contribution in [2.24, 2.45) is 5.92 Å². The van der Waals surface area contributed by atoms with Gasteiger partial charge in [0.1, 0.15) is 0 Å². The first kappa shape index (κ1) is 20.8. The Bertz CT molecular complexity index is 848. The molecular weight excluding hydrogens is 388 g/mol. The fourth-order valence-electron chi connectivity index (χ4n) is 4.35. The normalized spacial score (nSPS) is 15.4. The second-order valence-corrected chi connectivity index (χ2v) is 9.08. The summed E-state index contributed by atoms with van der Waals surface area (Å²) >= 11 is 1.50. The molecule has 1 N–H and O–H groups in total. The summed E-state index contributed by atoms with van der Waals surface area (Å²) in [6, 6.07) is 25.6. The van der Waals surface area contributed by atoms with Crippen molar-refractivity contribution in [2.45, 2.75) is 25.2 Å². The molecule has 0 radical (unpaired) electrons. The summed E-state index contributed by atoms with van der Waals surface area (Å²) in [4.78, 5) is 15.5. The van der Waals surface area contributed by atoms with E-state index in [9.17, 15) is 4.79 Å². The number of hydrogen-bond acceptors (Lipinski definition) is 3. The van der Waals surface area contributed by atoms with Crippen molar-refractivity contribution in [2.75, 3.05) is 26.2 Å². The summed E-state index contributed by atoms with van der Waals surface area (Å²) in [6.45, 7) is 4.15. The third-order valence-corrected chi connectivity index (χ3v) is 7.01. The quantitative estimate of drug-likeness (QED) is 0.530. The smallest absolute Gasteiger partial charge is 0.261 e. The molecule has 2 heterocycles. The predicted octanol–water partition coefficient (Wildman–Crippen LogP) is 5.41. The van der Waals surface area contributed by atoms with Gasteiger partial charge in [0.15, 0.2) is 0 Å². The Morgan fingerprint density at radius 2 is 1.57 bits per heavy atom. The number of rotatable bonds is 8. The van der Waals surface area contributed by atoms with E-state index in [2.05, 4.69) is 70.9 Å². The first-order valence-corrected chi connectivity index (χ1v) is 11.8. The third kappa shape index (κ3) is 5.59. The number of likely N-dealkylation sites (tertiary alicyclic amines) is 1. The lowest BCUT2D eigenvalue weighted by molar-refractivity contribution is 0.0940. The standard InChI is InChI=1S/C26H30N2OS/c29-26(25-12-7-19-30-25)27-20-21-13-16-28(17-14-21)18-15-24(22-8-3-1-4-9-22)23-10-5-2-6-11-23/h1-12,19,21,24H,13-18,20H2,(H,27,29). The average molecular weight is 419 g/mol. The van der Waals surface area contributed by atoms with Crippen LogP contribution in [0.2, 0.25) is 0 Å². The Morgan fingerprint density at radius 1 is 0.933 bits per heavy atom. The molecule has 1 saturated heterocycles. The number of carbonyl (C=O) groups is 1. The van der Waals surface area contributed by atoms with Crippen LogP contribution in [-0.2, 0) is 0 Å². The van der Waals surface area contributed by atoms with Crippen LogP contribution in [0.1, 0.15) is 46.0 Å². The second-order valence-electron chi connectivity index (χ2n) is 8.13. The summed E-state index contributed by atoms with van der Waals surface area (Å²) in [5, 5.41) is 5.07. The van der Waals surface area contributed by atoms with Crippen molar-refractivity contribution >= 4 is 17.2 Å². The van der Waals surface area contributed by atoms with E-state index >= 15 is 0 Å². The topological polar surface area (TPSA) is 32.3 Å². The molecule has 1 aliphatic heterocycles. The van der Waals surface area contributed by atoms with Crippen molar-refractivity contribution in [3.8, 4) is 0 Å². The molecular formula is C26H30N2OS. The number of nitrogens with one attached hydrogen (secondary N) is 1. The molecule has 1 fully saturated rings. The molecule has 0 spiro atoms. The molecule has 156 valence electrons. The molecule has 0 unspecified atom stereocenters. The van der Waals surface area contributed by atoms with Gasteiger partial charge in [-0.1, -0.05) is 66.7 Å². The zero-order valence-electron chi connectivity index (χ0n) is 17.4. The Morgan fingerprint density at radius 3 is 2.13 bits per heavy atom. The van der Waals surface area contributed by atoms with Crippen LogP contribution in [0, 0.1) is 5.92 Å². The van der Waals surface area contributed by atoms with Gasteiger partial charge in [0, 0.05) is 12.5 Å². The molecule has 4 rings (SSSR count). The summed E-state index contributed by atoms with van der Waals surface area (Å²) in [5.74, 6) is 1.10. The van der Waals surface area contributed by atoms with E-state index in [4.69, 9.17) is 0 Å². The number of thiophene rings is 1. The van der Waals surface area contributed by atoms with E-state index in [1.807, 2.05) is 17.5 Å². The highest BCUT2D eigenvalue weighted by molar-refractivity contribution is 7.12. The lowest BCUT2D eigenvalue weighted by Crippen LogP contribution is -2.39. The highest BCUT2D eigenvalue weighted by atomic mass is 32.1. The van der Waals surface area contributed by atoms with Gasteiger partial charge in [-0.15, -0.1) is 11.3 Å². The zero-order chi connectivity index (χ0) is 20.6. The molecule has 0 atom stereocenters. The molecule has 1 aromatic heterocycles. The van der Waals surface area contributed by atoms with Gasteiger partial charge in [-0.3, -0.25) is 4.79 Å². The van der Waals surface area contributed by atoms with Gasteiger partial charge in [0.25, 0.3) is 5.91 Å². The van der Waals surface area contributed by atoms with Crippen LogP contribution in [0.4, 0.5) is 0 Å². The van der Waals surface area contributed by atoms with Gasteiger partial charge in [-0.25, -0.2) is 0 Å². The molecule has 0 saturated carbocycles. The van der Waals surface area contributed by atoms with Gasteiger partial charge in [-0.05, 0) is 67.4 Å². The van der Waals surface area contributed by atoms with E-state index in [-0.39, 0.29) is 5.91 Å². The second kappa shape index (κ2) is 10.6. The highest BCUT2D eigenvalue weighted by Crippen LogP contribution is 2.29. The fourth-order valence-corrected chi connectivity index (χ4v) is 4.99. The maximum atomic E-state index is 12.1. The molecule has 0 aliphatic carbocycles. The Kier molecular flexibility index (Phi) is 7.33. The number of nitrogens with zero attached hydrogens (tertiary/aromatic N) is 1. The van der Waals surface area contributed by atoms with E-state index in [1.165, 1.54) is 22.5 Å². The number of piperidine rings is 1. The van der Waals surface area contributed by atoms with E-state index in [1.54, 1.807) is 0 Å². The van der Waals surface area contributed by atoms with Crippen molar-refractivity contribution < 1.29 is 4.79 Å². The monoisotopic (exact) mass is 418 g/mol. The average Bonchev–Trinajstić information content (AvgIpc) is 3.35. The molecule has 0 bridgehead atoms. The van der Waals surface area contributed by atoms with Crippen LogP contribution >= 0.6 is 11.3 Å². The molecule has 3 aromatic rings. The minimum atomic E-state index is 0.0704. The summed E-state index contributed by atoms with van der Waals surface area (Å²) in [5.41, 5.74) is 2.80. The molecule has 1 amide bonds. The van der Waals surface area contributed by atoms with Crippen LogP contribution in [-0.4, -0.2) is 37.0 Å². The Labute approximate surface area is 183 Å². The van der Waals surface area contributed by atoms with Crippen LogP contribution in [0.5, 0.6) is 0 Å². The van der Waals surface area contributed by atoms with E-state index < -0.39 is 0 Å². The van der Waals surface area contributed by atoms with Crippen LogP contribution in [0.3, 0.4) is 0 Å². The van der Waals surface area contributed by atoms with Gasteiger partial charge in [0.05, 0.1) is 4.88 Å². The van der Waals surface area contributed by atoms with Crippen LogP contribution in [0.25, 0.3) is 0 Å². The first-order valence-electron chi connectivity index (χ1n) is 10.9. The van der Waals surface area contributed by atoms with Crippen molar-refractivity contribution in [1.82, 2.24) is 10.2 Å². The Balaban J connectivity index is 1.26. The van der Waals surface area contributed by atoms with Gasteiger partial charge in [-0.2, -0.15) is 0 Å². The number of carbonyl (C=O) groups excluding carboxylic acids is 1. The summed E-state index contributed by atoms with van der Waals surface area (Å²) in [7, 11) is 0. The predicted molar refractivity (Wildman–Crippen MR) is 125 cm³/mol. The molecule has 1 aliphatic rings. The highest BCUT2D eigenvalue weighted by Gasteiger charge is 2.22. The molecule has 4 heteroatoms. The van der Waals surface area contributed by atoms with Crippen LogP contribution < -0.4 is 5.32 Å². The lowest BCUT2D eigenvalue weighted by Gasteiger charge is -2.33. The third-order valence-electron chi connectivity index (χ3n) is 6.14. The van der Waals surface area contributed by atoms with E-state index in [0.717, 1.165) is 50.3 Å².